The number of nitrogens with one attached hydrogen (secondary N) is 1. The first-order chi connectivity index (χ1) is 14.1. The predicted octanol–water partition coefficient (Wildman–Crippen LogP) is 2.20. The topological polar surface area (TPSA) is 114 Å². The molecule has 4 rings (SSSR count). The number of piperidine rings is 1. The van der Waals surface area contributed by atoms with Crippen molar-refractivity contribution in [3.63, 3.8) is 0 Å². The van der Waals surface area contributed by atoms with Crippen LogP contribution in [0, 0.1) is 12.8 Å². The molecular weight excluding hydrogens is 374 g/mol. The van der Waals surface area contributed by atoms with Crippen molar-refractivity contribution in [1.82, 2.24) is 25.5 Å². The van der Waals surface area contributed by atoms with E-state index in [1.165, 1.54) is 0 Å². The molecule has 0 bridgehead atoms. The Hall–Kier alpha value is -3.49. The van der Waals surface area contributed by atoms with Crippen molar-refractivity contribution in [2.45, 2.75) is 26.3 Å². The van der Waals surface area contributed by atoms with E-state index in [4.69, 9.17) is 9.05 Å². The van der Waals surface area contributed by atoms with Gasteiger partial charge in [0, 0.05) is 30.6 Å². The minimum absolute atomic E-state index is 0.0687. The largest absolute Gasteiger partial charge is 0.355 e. The van der Waals surface area contributed by atoms with Crippen molar-refractivity contribution < 1.29 is 18.6 Å². The van der Waals surface area contributed by atoms with Crippen LogP contribution in [-0.2, 0) is 11.3 Å². The SMILES string of the molecule is Cc1noc(CNC(=O)C2CCN(C(=O)c3cc(-c4ccccc4)on3)CC2)n1. The van der Waals surface area contributed by atoms with Gasteiger partial charge in [0.15, 0.2) is 17.3 Å². The number of aromatic nitrogens is 3. The van der Waals surface area contributed by atoms with E-state index in [-0.39, 0.29) is 30.0 Å². The highest BCUT2D eigenvalue weighted by Crippen LogP contribution is 2.23. The van der Waals surface area contributed by atoms with Gasteiger partial charge in [-0.15, -0.1) is 0 Å². The molecule has 9 heteroatoms. The Morgan fingerprint density at radius 2 is 1.90 bits per heavy atom. The average Bonchev–Trinajstić information content (AvgIpc) is 3.41. The Morgan fingerprint density at radius 1 is 1.14 bits per heavy atom. The number of carbonyl (C=O) groups is 2. The number of nitrogens with zero attached hydrogens (tertiary/aromatic N) is 4. The minimum atomic E-state index is -0.184. The fourth-order valence-electron chi connectivity index (χ4n) is 3.34. The van der Waals surface area contributed by atoms with E-state index in [1.807, 2.05) is 30.3 Å². The zero-order valence-electron chi connectivity index (χ0n) is 16.0. The molecule has 3 heterocycles. The molecule has 0 radical (unpaired) electrons. The summed E-state index contributed by atoms with van der Waals surface area (Å²) in [6, 6.07) is 11.2. The number of aryl methyl sites for hydroxylation is 1. The van der Waals surface area contributed by atoms with Gasteiger partial charge in [-0.05, 0) is 19.8 Å². The third-order valence-corrected chi connectivity index (χ3v) is 4.92. The predicted molar refractivity (Wildman–Crippen MR) is 101 cm³/mol. The first kappa shape index (κ1) is 18.9. The van der Waals surface area contributed by atoms with Gasteiger partial charge in [0.25, 0.3) is 5.91 Å². The molecule has 0 aliphatic carbocycles. The Labute approximate surface area is 167 Å². The van der Waals surface area contributed by atoms with Gasteiger partial charge in [0.1, 0.15) is 0 Å². The van der Waals surface area contributed by atoms with Crippen LogP contribution in [-0.4, -0.2) is 45.1 Å². The highest BCUT2D eigenvalue weighted by Gasteiger charge is 2.29. The molecule has 3 aromatic rings. The van der Waals surface area contributed by atoms with E-state index in [2.05, 4.69) is 20.6 Å². The van der Waals surface area contributed by atoms with Gasteiger partial charge in [-0.25, -0.2) is 0 Å². The fourth-order valence-corrected chi connectivity index (χ4v) is 3.34. The number of carbonyl (C=O) groups excluding carboxylic acids is 2. The monoisotopic (exact) mass is 395 g/mol. The molecule has 1 aliphatic heterocycles. The van der Waals surface area contributed by atoms with Gasteiger partial charge in [0.05, 0.1) is 6.54 Å². The molecule has 1 fully saturated rings. The van der Waals surface area contributed by atoms with Crippen LogP contribution < -0.4 is 5.32 Å². The molecule has 0 saturated carbocycles. The van der Waals surface area contributed by atoms with E-state index in [0.717, 1.165) is 5.56 Å². The smallest absolute Gasteiger partial charge is 0.276 e. The molecule has 1 N–H and O–H groups in total. The first-order valence-corrected chi connectivity index (χ1v) is 9.48. The summed E-state index contributed by atoms with van der Waals surface area (Å²) in [7, 11) is 0. The summed E-state index contributed by atoms with van der Waals surface area (Å²) in [5, 5.41) is 10.4. The maximum Gasteiger partial charge on any atom is 0.276 e. The molecule has 2 aromatic heterocycles. The van der Waals surface area contributed by atoms with Crippen LogP contribution in [0.15, 0.2) is 45.4 Å². The molecule has 9 nitrogen and oxygen atoms in total. The molecule has 150 valence electrons. The Morgan fingerprint density at radius 3 is 2.59 bits per heavy atom. The molecule has 1 aromatic carbocycles. The van der Waals surface area contributed by atoms with Gasteiger partial charge in [-0.1, -0.05) is 40.6 Å². The zero-order valence-corrected chi connectivity index (χ0v) is 16.0. The Bertz CT molecular complexity index is 989. The lowest BCUT2D eigenvalue weighted by atomic mass is 9.95. The molecule has 0 unspecified atom stereocenters. The summed E-state index contributed by atoms with van der Waals surface area (Å²) in [6.07, 6.45) is 1.17. The van der Waals surface area contributed by atoms with Crippen LogP contribution in [0.5, 0.6) is 0 Å². The van der Waals surface area contributed by atoms with Crippen LogP contribution in [0.2, 0.25) is 0 Å². The average molecular weight is 395 g/mol. The van der Waals surface area contributed by atoms with E-state index in [1.54, 1.807) is 17.9 Å². The molecule has 2 amide bonds. The summed E-state index contributed by atoms with van der Waals surface area (Å²) < 4.78 is 10.3. The summed E-state index contributed by atoms with van der Waals surface area (Å²) >= 11 is 0. The van der Waals surface area contributed by atoms with E-state index in [9.17, 15) is 9.59 Å². The minimum Gasteiger partial charge on any atom is -0.355 e. The molecular formula is C20H21N5O4. The number of rotatable bonds is 5. The number of hydrogen-bond acceptors (Lipinski definition) is 7. The van der Waals surface area contributed by atoms with E-state index >= 15 is 0 Å². The lowest BCUT2D eigenvalue weighted by Crippen LogP contribution is -2.43. The second-order valence-electron chi connectivity index (χ2n) is 6.96. The van der Waals surface area contributed by atoms with Crippen LogP contribution in [0.3, 0.4) is 0 Å². The van der Waals surface area contributed by atoms with Crippen LogP contribution in [0.4, 0.5) is 0 Å². The summed E-state index contributed by atoms with van der Waals surface area (Å²) in [6.45, 7) is 2.91. The Balaban J connectivity index is 1.29. The summed E-state index contributed by atoms with van der Waals surface area (Å²) in [4.78, 5) is 30.8. The number of likely N-dealkylation sites (tertiary alicyclic amines) is 1. The van der Waals surface area contributed by atoms with E-state index < -0.39 is 0 Å². The molecule has 0 atom stereocenters. The zero-order chi connectivity index (χ0) is 20.2. The van der Waals surface area contributed by atoms with Crippen molar-refractivity contribution in [3.05, 3.63) is 53.8 Å². The molecule has 1 saturated heterocycles. The third-order valence-electron chi connectivity index (χ3n) is 4.92. The first-order valence-electron chi connectivity index (χ1n) is 9.48. The lowest BCUT2D eigenvalue weighted by Gasteiger charge is -2.30. The standard InChI is InChI=1S/C20H21N5O4/c1-13-22-18(29-23-13)12-21-19(26)15-7-9-25(10-8-15)20(27)16-11-17(28-24-16)14-5-3-2-4-6-14/h2-6,11,15H,7-10,12H2,1H3,(H,21,26). The van der Waals surface area contributed by atoms with Crippen molar-refractivity contribution in [2.24, 2.45) is 5.92 Å². The van der Waals surface area contributed by atoms with E-state index in [0.29, 0.717) is 43.4 Å². The van der Waals surface area contributed by atoms with Crippen molar-refractivity contribution in [3.8, 4) is 11.3 Å². The second kappa shape index (κ2) is 8.26. The van der Waals surface area contributed by atoms with Gasteiger partial charge < -0.3 is 19.3 Å². The maximum absolute atomic E-state index is 12.7. The fraction of sp³-hybridized carbons (Fsp3) is 0.350. The molecule has 0 spiro atoms. The van der Waals surface area contributed by atoms with Crippen molar-refractivity contribution in [2.75, 3.05) is 13.1 Å². The van der Waals surface area contributed by atoms with Crippen molar-refractivity contribution >= 4 is 11.8 Å². The quantitative estimate of drug-likeness (QED) is 0.704. The van der Waals surface area contributed by atoms with Crippen LogP contribution in [0.1, 0.15) is 35.0 Å². The van der Waals surface area contributed by atoms with Crippen LogP contribution >= 0.6 is 0 Å². The number of hydrogen-bond donors (Lipinski definition) is 1. The molecule has 29 heavy (non-hydrogen) atoms. The van der Waals surface area contributed by atoms with Gasteiger partial charge in [-0.3, -0.25) is 9.59 Å². The number of benzene rings is 1. The van der Waals surface area contributed by atoms with Gasteiger partial charge in [0.2, 0.25) is 11.8 Å². The normalized spacial score (nSPS) is 14.7. The van der Waals surface area contributed by atoms with Gasteiger partial charge >= 0.3 is 0 Å². The summed E-state index contributed by atoms with van der Waals surface area (Å²) in [5.74, 6) is 1.06. The second-order valence-corrected chi connectivity index (χ2v) is 6.96. The maximum atomic E-state index is 12.7. The highest BCUT2D eigenvalue weighted by atomic mass is 16.5. The highest BCUT2D eigenvalue weighted by molar-refractivity contribution is 5.93. The number of amides is 2. The van der Waals surface area contributed by atoms with Gasteiger partial charge in [-0.2, -0.15) is 4.98 Å². The van der Waals surface area contributed by atoms with Crippen LogP contribution in [0.25, 0.3) is 11.3 Å². The lowest BCUT2D eigenvalue weighted by molar-refractivity contribution is -0.126. The summed E-state index contributed by atoms with van der Waals surface area (Å²) in [5.41, 5.74) is 1.14. The molecule has 1 aliphatic rings. The Kier molecular flexibility index (Phi) is 5.37. The third kappa shape index (κ3) is 4.34. The van der Waals surface area contributed by atoms with Crippen molar-refractivity contribution in [1.29, 1.82) is 0 Å².